The molecule has 5 heteroatoms. The van der Waals surface area contributed by atoms with Crippen LogP contribution in [0.1, 0.15) is 36.0 Å². The number of benzene rings is 1. The zero-order valence-corrected chi connectivity index (χ0v) is 13.5. The molecule has 0 amide bonds. The Balaban J connectivity index is 1.92. The summed E-state index contributed by atoms with van der Waals surface area (Å²) >= 11 is 1.63. The van der Waals surface area contributed by atoms with E-state index in [1.807, 2.05) is 32.3 Å². The molecule has 0 saturated heterocycles. The van der Waals surface area contributed by atoms with Crippen molar-refractivity contribution >= 4 is 11.3 Å². The van der Waals surface area contributed by atoms with Gasteiger partial charge in [-0.2, -0.15) is 0 Å². The Morgan fingerprint density at radius 1 is 1.43 bits per heavy atom. The Bertz CT molecular complexity index is 585. The van der Waals surface area contributed by atoms with Crippen molar-refractivity contribution < 1.29 is 9.13 Å². The number of rotatable bonds is 7. The second-order valence-corrected chi connectivity index (χ2v) is 5.86. The van der Waals surface area contributed by atoms with Crippen molar-refractivity contribution in [1.82, 2.24) is 10.3 Å². The maximum Gasteiger partial charge on any atom is 0.131 e. The second kappa shape index (κ2) is 7.52. The number of ether oxygens (including phenoxy) is 1. The van der Waals surface area contributed by atoms with E-state index < -0.39 is 0 Å². The van der Waals surface area contributed by atoms with E-state index in [4.69, 9.17) is 4.74 Å². The summed E-state index contributed by atoms with van der Waals surface area (Å²) in [5.41, 5.74) is 3.55. The van der Waals surface area contributed by atoms with Gasteiger partial charge >= 0.3 is 0 Å². The number of aromatic nitrogens is 1. The van der Waals surface area contributed by atoms with E-state index in [0.29, 0.717) is 17.9 Å². The first-order valence-corrected chi connectivity index (χ1v) is 8.04. The van der Waals surface area contributed by atoms with Gasteiger partial charge in [0.2, 0.25) is 0 Å². The summed E-state index contributed by atoms with van der Waals surface area (Å²) in [4.78, 5) is 5.42. The van der Waals surface area contributed by atoms with Gasteiger partial charge in [-0.25, -0.2) is 9.37 Å². The highest BCUT2D eigenvalue weighted by molar-refractivity contribution is 7.09. The third-order valence-corrected chi connectivity index (χ3v) is 4.39. The molecular formula is C16H21FN2OS. The monoisotopic (exact) mass is 308 g/mol. The number of hydrogen-bond acceptors (Lipinski definition) is 4. The summed E-state index contributed by atoms with van der Waals surface area (Å²) in [6.07, 6.45) is 0.799. The molecule has 0 bridgehead atoms. The smallest absolute Gasteiger partial charge is 0.131 e. The standard InChI is InChI=1S/C16H21FN2OS/c1-4-18-11(2)14-6-5-13(9-15(14)17)20-8-7-16-12(3)19-10-21-16/h5-6,9-11,18H,4,7-8H2,1-3H3. The lowest BCUT2D eigenvalue weighted by Gasteiger charge is -2.14. The van der Waals surface area contributed by atoms with E-state index >= 15 is 0 Å². The van der Waals surface area contributed by atoms with Crippen molar-refractivity contribution in [2.75, 3.05) is 13.2 Å². The van der Waals surface area contributed by atoms with Crippen molar-refractivity contribution in [2.24, 2.45) is 0 Å². The minimum Gasteiger partial charge on any atom is -0.493 e. The van der Waals surface area contributed by atoms with Gasteiger partial charge in [0.15, 0.2) is 0 Å². The summed E-state index contributed by atoms with van der Waals surface area (Å²) in [7, 11) is 0. The summed E-state index contributed by atoms with van der Waals surface area (Å²) in [6, 6.07) is 5.08. The maximum absolute atomic E-state index is 14.1. The first-order valence-electron chi connectivity index (χ1n) is 7.16. The number of hydrogen-bond donors (Lipinski definition) is 1. The molecule has 114 valence electrons. The quantitative estimate of drug-likeness (QED) is 0.843. The number of aryl methyl sites for hydroxylation is 1. The molecule has 0 fully saturated rings. The first kappa shape index (κ1) is 15.9. The summed E-state index contributed by atoms with van der Waals surface area (Å²) in [5.74, 6) is 0.344. The topological polar surface area (TPSA) is 34.1 Å². The zero-order valence-electron chi connectivity index (χ0n) is 12.6. The van der Waals surface area contributed by atoms with Gasteiger partial charge in [0.25, 0.3) is 0 Å². The fourth-order valence-electron chi connectivity index (χ4n) is 2.19. The minimum absolute atomic E-state index is 0.00360. The molecule has 1 unspecified atom stereocenters. The van der Waals surface area contributed by atoms with Crippen LogP contribution in [-0.4, -0.2) is 18.1 Å². The molecule has 0 spiro atoms. The molecule has 1 N–H and O–H groups in total. The highest BCUT2D eigenvalue weighted by atomic mass is 32.1. The average molecular weight is 308 g/mol. The third kappa shape index (κ3) is 4.25. The van der Waals surface area contributed by atoms with Gasteiger partial charge in [0.1, 0.15) is 11.6 Å². The summed E-state index contributed by atoms with van der Waals surface area (Å²) in [5, 5.41) is 3.20. The number of nitrogens with zero attached hydrogens (tertiary/aromatic N) is 1. The minimum atomic E-state index is -0.227. The van der Waals surface area contributed by atoms with Crippen LogP contribution in [0.4, 0.5) is 4.39 Å². The highest BCUT2D eigenvalue weighted by Gasteiger charge is 2.11. The zero-order chi connectivity index (χ0) is 15.2. The predicted molar refractivity (Wildman–Crippen MR) is 84.5 cm³/mol. The Morgan fingerprint density at radius 2 is 2.24 bits per heavy atom. The molecule has 0 radical (unpaired) electrons. The normalized spacial score (nSPS) is 12.4. The van der Waals surface area contributed by atoms with E-state index in [-0.39, 0.29) is 11.9 Å². The lowest BCUT2D eigenvalue weighted by molar-refractivity contribution is 0.320. The van der Waals surface area contributed by atoms with E-state index in [1.165, 1.54) is 10.9 Å². The van der Waals surface area contributed by atoms with Crippen LogP contribution < -0.4 is 10.1 Å². The Morgan fingerprint density at radius 3 is 2.86 bits per heavy atom. The molecule has 0 aliphatic carbocycles. The number of thiazole rings is 1. The highest BCUT2D eigenvalue weighted by Crippen LogP contribution is 2.22. The van der Waals surface area contributed by atoms with Gasteiger partial charge in [0.05, 0.1) is 17.8 Å². The Labute approximate surface area is 129 Å². The molecule has 1 aromatic heterocycles. The van der Waals surface area contributed by atoms with E-state index in [0.717, 1.165) is 18.7 Å². The van der Waals surface area contributed by atoms with Crippen molar-refractivity contribution in [1.29, 1.82) is 0 Å². The Kier molecular flexibility index (Phi) is 5.70. The molecule has 1 aromatic carbocycles. The molecule has 2 aromatic rings. The van der Waals surface area contributed by atoms with Crippen LogP contribution in [-0.2, 0) is 6.42 Å². The SMILES string of the molecule is CCNC(C)c1ccc(OCCc2scnc2C)cc1F. The van der Waals surface area contributed by atoms with E-state index in [9.17, 15) is 4.39 Å². The largest absolute Gasteiger partial charge is 0.493 e. The molecule has 3 nitrogen and oxygen atoms in total. The lowest BCUT2D eigenvalue weighted by atomic mass is 10.1. The van der Waals surface area contributed by atoms with Gasteiger partial charge in [0, 0.05) is 29.0 Å². The van der Waals surface area contributed by atoms with Crippen molar-refractivity contribution in [3.05, 3.63) is 45.7 Å². The first-order chi connectivity index (χ1) is 10.1. The second-order valence-electron chi connectivity index (χ2n) is 4.92. The molecule has 1 atom stereocenters. The predicted octanol–water partition coefficient (Wildman–Crippen LogP) is 3.88. The lowest BCUT2D eigenvalue weighted by Crippen LogP contribution is -2.18. The van der Waals surface area contributed by atoms with Gasteiger partial charge in [-0.1, -0.05) is 13.0 Å². The molecular weight excluding hydrogens is 287 g/mol. The van der Waals surface area contributed by atoms with Gasteiger partial charge in [-0.15, -0.1) is 11.3 Å². The molecule has 2 rings (SSSR count). The van der Waals surface area contributed by atoms with Gasteiger partial charge < -0.3 is 10.1 Å². The van der Waals surface area contributed by atoms with Crippen LogP contribution >= 0.6 is 11.3 Å². The fourth-order valence-corrected chi connectivity index (χ4v) is 2.96. The van der Waals surface area contributed by atoms with Crippen molar-refractivity contribution in [3.63, 3.8) is 0 Å². The van der Waals surface area contributed by atoms with Crippen molar-refractivity contribution in [2.45, 2.75) is 33.2 Å². The van der Waals surface area contributed by atoms with Gasteiger partial charge in [-0.05, 0) is 26.5 Å². The van der Waals surface area contributed by atoms with Gasteiger partial charge in [-0.3, -0.25) is 0 Å². The van der Waals surface area contributed by atoms with Crippen LogP contribution in [0.15, 0.2) is 23.7 Å². The van der Waals surface area contributed by atoms with Crippen LogP contribution in [0.25, 0.3) is 0 Å². The molecule has 1 heterocycles. The third-order valence-electron chi connectivity index (χ3n) is 3.39. The average Bonchev–Trinajstić information content (AvgIpc) is 2.85. The van der Waals surface area contributed by atoms with Crippen LogP contribution in [0.2, 0.25) is 0 Å². The fraction of sp³-hybridized carbons (Fsp3) is 0.438. The van der Waals surface area contributed by atoms with Crippen molar-refractivity contribution in [3.8, 4) is 5.75 Å². The summed E-state index contributed by atoms with van der Waals surface area (Å²) in [6.45, 7) is 7.29. The summed E-state index contributed by atoms with van der Waals surface area (Å²) < 4.78 is 19.7. The number of halogens is 1. The molecule has 0 aliphatic heterocycles. The van der Waals surface area contributed by atoms with Crippen LogP contribution in [0.5, 0.6) is 5.75 Å². The molecule has 21 heavy (non-hydrogen) atoms. The maximum atomic E-state index is 14.1. The van der Waals surface area contributed by atoms with E-state index in [2.05, 4.69) is 10.3 Å². The van der Waals surface area contributed by atoms with Crippen LogP contribution in [0, 0.1) is 12.7 Å². The van der Waals surface area contributed by atoms with Crippen LogP contribution in [0.3, 0.4) is 0 Å². The molecule has 0 aliphatic rings. The Hall–Kier alpha value is -1.46. The molecule has 0 saturated carbocycles. The number of nitrogens with one attached hydrogen (secondary N) is 1. The van der Waals surface area contributed by atoms with E-state index in [1.54, 1.807) is 17.4 Å².